The Labute approximate surface area is 76.5 Å². The van der Waals surface area contributed by atoms with E-state index >= 15 is 0 Å². The van der Waals surface area contributed by atoms with Crippen LogP contribution in [0, 0.1) is 6.57 Å². The molecule has 0 spiro atoms. The summed E-state index contributed by atoms with van der Waals surface area (Å²) < 4.78 is 13.2. The smallest absolute Gasteiger partial charge is 0.217 e. The lowest BCUT2D eigenvalue weighted by atomic mass is 10.1. The molecule has 1 unspecified atom stereocenters. The highest BCUT2D eigenvalue weighted by Gasteiger charge is 2.10. The summed E-state index contributed by atoms with van der Waals surface area (Å²) in [4.78, 5) is 3.07. The molecule has 0 bridgehead atoms. The lowest BCUT2D eigenvalue weighted by Crippen LogP contribution is -1.92. The van der Waals surface area contributed by atoms with Gasteiger partial charge in [-0.2, -0.15) is 0 Å². The number of nitrogens with zero attached hydrogens (tertiary/aromatic N) is 1. The van der Waals surface area contributed by atoms with Gasteiger partial charge in [0.15, 0.2) is 0 Å². The highest BCUT2D eigenvalue weighted by Crippen LogP contribution is 2.23. The molecule has 3 heteroatoms. The third kappa shape index (κ3) is 2.75. The molecule has 0 radical (unpaired) electrons. The van der Waals surface area contributed by atoms with Crippen molar-refractivity contribution in [3.63, 3.8) is 0 Å². The highest BCUT2D eigenvalue weighted by atomic mass is 19.1. The van der Waals surface area contributed by atoms with Gasteiger partial charge in [-0.1, -0.05) is 12.1 Å². The first-order valence-electron chi connectivity index (χ1n) is 4.00. The maximum absolute atomic E-state index is 13.2. The second kappa shape index (κ2) is 4.46. The average molecular weight is 179 g/mol. The first-order valence-corrected chi connectivity index (χ1v) is 4.00. The van der Waals surface area contributed by atoms with E-state index in [1.807, 2.05) is 0 Å². The van der Waals surface area contributed by atoms with Crippen LogP contribution in [0.2, 0.25) is 0 Å². The number of rotatable bonds is 3. The van der Waals surface area contributed by atoms with E-state index in [2.05, 4.69) is 4.85 Å². The first-order chi connectivity index (χ1) is 6.24. The van der Waals surface area contributed by atoms with E-state index in [9.17, 15) is 4.39 Å². The lowest BCUT2D eigenvalue weighted by Gasteiger charge is -2.04. The van der Waals surface area contributed by atoms with Crippen molar-refractivity contribution >= 4 is 0 Å². The van der Waals surface area contributed by atoms with Crippen molar-refractivity contribution in [2.24, 2.45) is 0 Å². The molecule has 2 nitrogen and oxygen atoms in total. The molecule has 0 heterocycles. The SMILES string of the molecule is [C-]#[N+]CCC(F)c1cccc(O)c1. The Morgan fingerprint density at radius 1 is 1.54 bits per heavy atom. The third-order valence-corrected chi connectivity index (χ3v) is 1.73. The summed E-state index contributed by atoms with van der Waals surface area (Å²) in [6, 6.07) is 6.07. The molecule has 13 heavy (non-hydrogen) atoms. The summed E-state index contributed by atoms with van der Waals surface area (Å²) in [5.41, 5.74) is 0.434. The van der Waals surface area contributed by atoms with Crippen molar-refractivity contribution in [1.29, 1.82) is 0 Å². The molecule has 0 aliphatic carbocycles. The van der Waals surface area contributed by atoms with Gasteiger partial charge in [-0.15, -0.1) is 0 Å². The maximum atomic E-state index is 13.2. The van der Waals surface area contributed by atoms with Gasteiger partial charge in [0.05, 0.1) is 6.42 Å². The van der Waals surface area contributed by atoms with Gasteiger partial charge >= 0.3 is 0 Å². The van der Waals surface area contributed by atoms with Crippen LogP contribution in [0.1, 0.15) is 18.2 Å². The van der Waals surface area contributed by atoms with E-state index in [-0.39, 0.29) is 18.7 Å². The van der Waals surface area contributed by atoms with E-state index in [4.69, 9.17) is 11.7 Å². The Bertz CT molecular complexity index is 319. The summed E-state index contributed by atoms with van der Waals surface area (Å²) in [5.74, 6) is 0.0583. The van der Waals surface area contributed by atoms with Crippen LogP contribution in [0.25, 0.3) is 4.85 Å². The highest BCUT2D eigenvalue weighted by molar-refractivity contribution is 5.28. The van der Waals surface area contributed by atoms with Crippen molar-refractivity contribution < 1.29 is 9.50 Å². The van der Waals surface area contributed by atoms with Gasteiger partial charge in [0.25, 0.3) is 0 Å². The van der Waals surface area contributed by atoms with Crippen LogP contribution in [-0.4, -0.2) is 11.7 Å². The number of phenols is 1. The lowest BCUT2D eigenvalue weighted by molar-refractivity contribution is 0.331. The predicted octanol–water partition coefficient (Wildman–Crippen LogP) is 2.71. The zero-order valence-electron chi connectivity index (χ0n) is 7.07. The zero-order chi connectivity index (χ0) is 9.68. The van der Waals surface area contributed by atoms with Crippen molar-refractivity contribution in [3.05, 3.63) is 41.2 Å². The fourth-order valence-corrected chi connectivity index (χ4v) is 1.06. The van der Waals surface area contributed by atoms with E-state index < -0.39 is 6.17 Å². The van der Waals surface area contributed by atoms with Crippen LogP contribution < -0.4 is 0 Å². The number of benzene rings is 1. The summed E-state index contributed by atoms with van der Waals surface area (Å²) >= 11 is 0. The Hall–Kier alpha value is -1.56. The number of hydrogen-bond acceptors (Lipinski definition) is 1. The largest absolute Gasteiger partial charge is 0.508 e. The monoisotopic (exact) mass is 179 g/mol. The molecule has 1 aromatic rings. The van der Waals surface area contributed by atoms with Crippen molar-refractivity contribution in [2.75, 3.05) is 6.54 Å². The topological polar surface area (TPSA) is 24.6 Å². The predicted molar refractivity (Wildman–Crippen MR) is 48.0 cm³/mol. The molecule has 0 aliphatic heterocycles. The molecule has 1 N–H and O–H groups in total. The first kappa shape index (κ1) is 9.53. The number of aromatic hydroxyl groups is 1. The van der Waals surface area contributed by atoms with Crippen LogP contribution in [0.3, 0.4) is 0 Å². The maximum Gasteiger partial charge on any atom is 0.217 e. The summed E-state index contributed by atoms with van der Waals surface area (Å²) in [6.07, 6.45) is -0.964. The minimum Gasteiger partial charge on any atom is -0.508 e. The van der Waals surface area contributed by atoms with Crippen molar-refractivity contribution in [1.82, 2.24) is 0 Å². The number of hydrogen-bond donors (Lipinski definition) is 1. The molecular formula is C10H10FNO. The van der Waals surface area contributed by atoms with Gasteiger partial charge in [0.1, 0.15) is 11.9 Å². The van der Waals surface area contributed by atoms with Crippen molar-refractivity contribution in [2.45, 2.75) is 12.6 Å². The molecule has 0 saturated heterocycles. The molecule has 1 atom stereocenters. The van der Waals surface area contributed by atoms with Gasteiger partial charge in [0.2, 0.25) is 6.54 Å². The third-order valence-electron chi connectivity index (χ3n) is 1.73. The van der Waals surface area contributed by atoms with Gasteiger partial charge in [-0.3, -0.25) is 0 Å². The number of halogens is 1. The normalized spacial score (nSPS) is 12.0. The Kier molecular flexibility index (Phi) is 3.27. The number of phenolic OH excluding ortho intramolecular Hbond substituents is 1. The minimum atomic E-state index is -1.15. The standard InChI is InChI=1S/C10H10FNO/c1-12-6-5-10(11)8-3-2-4-9(13)7-8/h2-4,7,10,13H,5-6H2. The molecule has 0 aliphatic rings. The second-order valence-corrected chi connectivity index (χ2v) is 2.73. The van der Waals surface area contributed by atoms with Crippen LogP contribution in [0.15, 0.2) is 24.3 Å². The molecule has 0 aromatic heterocycles. The molecular weight excluding hydrogens is 169 g/mol. The number of alkyl halides is 1. The fraction of sp³-hybridized carbons (Fsp3) is 0.300. The van der Waals surface area contributed by atoms with E-state index in [0.29, 0.717) is 5.56 Å². The van der Waals surface area contributed by atoms with E-state index in [1.165, 1.54) is 12.1 Å². The van der Waals surface area contributed by atoms with Crippen molar-refractivity contribution in [3.8, 4) is 5.75 Å². The minimum absolute atomic E-state index is 0.0583. The van der Waals surface area contributed by atoms with E-state index in [1.54, 1.807) is 12.1 Å². The molecule has 0 amide bonds. The van der Waals surface area contributed by atoms with Gasteiger partial charge in [-0.05, 0) is 17.7 Å². The van der Waals surface area contributed by atoms with Crippen LogP contribution in [0.4, 0.5) is 4.39 Å². The molecule has 1 rings (SSSR count). The summed E-state index contributed by atoms with van der Waals surface area (Å²) in [6.45, 7) is 6.69. The molecule has 1 aromatic carbocycles. The van der Waals surface area contributed by atoms with Crippen LogP contribution >= 0.6 is 0 Å². The van der Waals surface area contributed by atoms with Gasteiger partial charge in [0, 0.05) is 0 Å². The Morgan fingerprint density at radius 2 is 2.31 bits per heavy atom. The molecule has 0 fully saturated rings. The Morgan fingerprint density at radius 3 is 2.92 bits per heavy atom. The Balaban J connectivity index is 2.66. The second-order valence-electron chi connectivity index (χ2n) is 2.73. The molecule has 0 saturated carbocycles. The van der Waals surface area contributed by atoms with Gasteiger partial charge in [-0.25, -0.2) is 11.0 Å². The summed E-state index contributed by atoms with van der Waals surface area (Å²) in [7, 11) is 0. The average Bonchev–Trinajstić information content (AvgIpc) is 2.14. The quantitative estimate of drug-likeness (QED) is 0.709. The zero-order valence-corrected chi connectivity index (χ0v) is 7.07. The fourth-order valence-electron chi connectivity index (χ4n) is 1.06. The van der Waals surface area contributed by atoms with Crippen LogP contribution in [-0.2, 0) is 0 Å². The molecule has 68 valence electrons. The van der Waals surface area contributed by atoms with E-state index in [0.717, 1.165) is 0 Å². The van der Waals surface area contributed by atoms with Gasteiger partial charge < -0.3 is 9.95 Å². The summed E-state index contributed by atoms with van der Waals surface area (Å²) in [5, 5.41) is 9.06. The van der Waals surface area contributed by atoms with Crippen LogP contribution in [0.5, 0.6) is 5.75 Å².